The van der Waals surface area contributed by atoms with Crippen LogP contribution in [0.5, 0.6) is 0 Å². The average Bonchev–Trinajstić information content (AvgIpc) is 2.28. The first kappa shape index (κ1) is 11.9. The Morgan fingerprint density at radius 1 is 1.59 bits per heavy atom. The fourth-order valence-corrected chi connectivity index (χ4v) is 3.60. The molecule has 6 heteroatoms. The minimum atomic E-state index is -2.91. The summed E-state index contributed by atoms with van der Waals surface area (Å²) in [4.78, 5) is 5.90. The predicted octanol–water partition coefficient (Wildman–Crippen LogP) is 0.577. The Morgan fingerprint density at radius 3 is 3.00 bits per heavy atom. The summed E-state index contributed by atoms with van der Waals surface area (Å²) in [5, 5.41) is 8.78. The van der Waals surface area contributed by atoms with E-state index in [0.29, 0.717) is 12.2 Å². The number of rotatable bonds is 1. The van der Waals surface area contributed by atoms with Crippen molar-refractivity contribution in [3.63, 3.8) is 0 Å². The summed E-state index contributed by atoms with van der Waals surface area (Å²) in [7, 11) is -2.91. The molecule has 17 heavy (non-hydrogen) atoms. The summed E-state index contributed by atoms with van der Waals surface area (Å²) >= 11 is 0. The summed E-state index contributed by atoms with van der Waals surface area (Å²) < 4.78 is 22.9. The van der Waals surface area contributed by atoms with E-state index in [1.54, 1.807) is 18.3 Å². The van der Waals surface area contributed by atoms with E-state index in [1.807, 2.05) is 17.9 Å². The molecule has 1 aliphatic rings. The average molecular weight is 251 g/mol. The summed E-state index contributed by atoms with van der Waals surface area (Å²) in [5.74, 6) is 0.332. The summed E-state index contributed by atoms with van der Waals surface area (Å²) in [6, 6.07) is 5.40. The van der Waals surface area contributed by atoms with Crippen LogP contribution in [0.15, 0.2) is 18.3 Å². The molecule has 1 aromatic rings. The lowest BCUT2D eigenvalue weighted by atomic mass is 10.2. The van der Waals surface area contributed by atoms with Gasteiger partial charge < -0.3 is 4.90 Å². The smallest absolute Gasteiger partial charge is 0.154 e. The van der Waals surface area contributed by atoms with Crippen molar-refractivity contribution in [3.05, 3.63) is 24.0 Å². The number of hydrogen-bond donors (Lipinski definition) is 0. The van der Waals surface area contributed by atoms with E-state index in [1.165, 1.54) is 0 Å². The monoisotopic (exact) mass is 251 g/mol. The second kappa shape index (κ2) is 4.34. The highest BCUT2D eigenvalue weighted by Gasteiger charge is 2.28. The van der Waals surface area contributed by atoms with Gasteiger partial charge in [0.15, 0.2) is 9.84 Å². The zero-order valence-corrected chi connectivity index (χ0v) is 10.3. The molecule has 0 aliphatic carbocycles. The maximum atomic E-state index is 11.5. The molecule has 1 unspecified atom stereocenters. The van der Waals surface area contributed by atoms with E-state index < -0.39 is 9.84 Å². The van der Waals surface area contributed by atoms with Crippen molar-refractivity contribution in [2.24, 2.45) is 0 Å². The van der Waals surface area contributed by atoms with Gasteiger partial charge in [-0.3, -0.25) is 0 Å². The Labute approximate surface area is 101 Å². The zero-order chi connectivity index (χ0) is 12.5. The van der Waals surface area contributed by atoms with Crippen LogP contribution >= 0.6 is 0 Å². The Kier molecular flexibility index (Phi) is 3.03. The summed E-state index contributed by atoms with van der Waals surface area (Å²) in [5.41, 5.74) is 1.21. The molecule has 0 aromatic carbocycles. The third-order valence-corrected chi connectivity index (χ3v) is 4.65. The van der Waals surface area contributed by atoms with Crippen LogP contribution in [0.3, 0.4) is 0 Å². The van der Waals surface area contributed by atoms with Crippen molar-refractivity contribution in [1.82, 2.24) is 4.98 Å². The third-order valence-electron chi connectivity index (χ3n) is 2.86. The number of nitrogens with zero attached hydrogens (tertiary/aromatic N) is 3. The number of pyridine rings is 1. The molecule has 5 nitrogen and oxygen atoms in total. The van der Waals surface area contributed by atoms with Crippen LogP contribution < -0.4 is 4.90 Å². The number of nitriles is 1. The largest absolute Gasteiger partial charge is 0.367 e. The third kappa shape index (κ3) is 2.56. The van der Waals surface area contributed by atoms with Crippen LogP contribution in [0.2, 0.25) is 0 Å². The van der Waals surface area contributed by atoms with Gasteiger partial charge in [-0.15, -0.1) is 0 Å². The highest BCUT2D eigenvalue weighted by molar-refractivity contribution is 7.91. The SMILES string of the molecule is CC1CS(=O)(=O)CCN1c1ccnc(C#N)c1. The molecule has 0 N–H and O–H groups in total. The van der Waals surface area contributed by atoms with Crippen LogP contribution in [-0.2, 0) is 9.84 Å². The maximum absolute atomic E-state index is 11.5. The quantitative estimate of drug-likeness (QED) is 0.729. The first-order chi connectivity index (χ1) is 8.02. The molecule has 90 valence electrons. The lowest BCUT2D eigenvalue weighted by Gasteiger charge is -2.35. The van der Waals surface area contributed by atoms with Crippen LogP contribution in [0.1, 0.15) is 12.6 Å². The van der Waals surface area contributed by atoms with E-state index in [4.69, 9.17) is 5.26 Å². The van der Waals surface area contributed by atoms with Crippen LogP contribution in [0, 0.1) is 11.3 Å². The van der Waals surface area contributed by atoms with E-state index in [2.05, 4.69) is 4.98 Å². The molecular weight excluding hydrogens is 238 g/mol. The minimum absolute atomic E-state index is 0.0670. The second-order valence-electron chi connectivity index (χ2n) is 4.17. The molecule has 2 heterocycles. The molecule has 1 aliphatic heterocycles. The summed E-state index contributed by atoms with van der Waals surface area (Å²) in [6.07, 6.45) is 1.57. The van der Waals surface area contributed by atoms with Gasteiger partial charge in [0.05, 0.1) is 11.5 Å². The fraction of sp³-hybridized carbons (Fsp3) is 0.455. The van der Waals surface area contributed by atoms with Crippen LogP contribution in [-0.4, -0.2) is 37.5 Å². The first-order valence-corrected chi connectivity index (χ1v) is 7.17. The highest BCUT2D eigenvalue weighted by atomic mass is 32.2. The fourth-order valence-electron chi connectivity index (χ4n) is 2.04. The molecule has 0 radical (unpaired) electrons. The van der Waals surface area contributed by atoms with Gasteiger partial charge in [0.25, 0.3) is 0 Å². The Bertz CT molecular complexity index is 562. The topological polar surface area (TPSA) is 74.1 Å². The van der Waals surface area contributed by atoms with E-state index in [0.717, 1.165) is 5.69 Å². The first-order valence-electron chi connectivity index (χ1n) is 5.35. The van der Waals surface area contributed by atoms with Crippen molar-refractivity contribution in [1.29, 1.82) is 5.26 Å². The van der Waals surface area contributed by atoms with Gasteiger partial charge in [0, 0.05) is 24.5 Å². The predicted molar refractivity (Wildman–Crippen MR) is 64.4 cm³/mol. The van der Waals surface area contributed by atoms with Crippen LogP contribution in [0.25, 0.3) is 0 Å². The van der Waals surface area contributed by atoms with E-state index in [9.17, 15) is 8.42 Å². The van der Waals surface area contributed by atoms with Crippen LogP contribution in [0.4, 0.5) is 5.69 Å². The second-order valence-corrected chi connectivity index (χ2v) is 6.40. The number of sulfone groups is 1. The van der Waals surface area contributed by atoms with Gasteiger partial charge in [-0.05, 0) is 19.1 Å². The van der Waals surface area contributed by atoms with Gasteiger partial charge in [0.1, 0.15) is 11.8 Å². The molecule has 2 rings (SSSR count). The molecule has 0 amide bonds. The van der Waals surface area contributed by atoms with Gasteiger partial charge in [0.2, 0.25) is 0 Å². The molecular formula is C11H13N3O2S. The lowest BCUT2D eigenvalue weighted by Crippen LogP contribution is -2.47. The van der Waals surface area contributed by atoms with Crippen molar-refractivity contribution in [3.8, 4) is 6.07 Å². The van der Waals surface area contributed by atoms with Gasteiger partial charge in [-0.1, -0.05) is 0 Å². The Balaban J connectivity index is 2.26. The lowest BCUT2D eigenvalue weighted by molar-refractivity contribution is 0.568. The maximum Gasteiger partial charge on any atom is 0.154 e. The standard InChI is InChI=1S/C11H13N3O2S/c1-9-8-17(15,16)5-4-14(9)11-2-3-13-10(6-11)7-12/h2-3,6,9H,4-5,8H2,1H3. The minimum Gasteiger partial charge on any atom is -0.367 e. The van der Waals surface area contributed by atoms with Crippen molar-refractivity contribution >= 4 is 15.5 Å². The van der Waals surface area contributed by atoms with Gasteiger partial charge >= 0.3 is 0 Å². The van der Waals surface area contributed by atoms with E-state index >= 15 is 0 Å². The Morgan fingerprint density at radius 2 is 2.35 bits per heavy atom. The van der Waals surface area contributed by atoms with Gasteiger partial charge in [-0.2, -0.15) is 5.26 Å². The molecule has 0 saturated carbocycles. The molecule has 1 saturated heterocycles. The highest BCUT2D eigenvalue weighted by Crippen LogP contribution is 2.21. The van der Waals surface area contributed by atoms with Crippen molar-refractivity contribution in [2.45, 2.75) is 13.0 Å². The van der Waals surface area contributed by atoms with Crippen molar-refractivity contribution in [2.75, 3.05) is 23.0 Å². The molecule has 1 atom stereocenters. The molecule has 1 aromatic heterocycles. The van der Waals surface area contributed by atoms with E-state index in [-0.39, 0.29) is 17.5 Å². The number of hydrogen-bond acceptors (Lipinski definition) is 5. The molecule has 0 spiro atoms. The van der Waals surface area contributed by atoms with Gasteiger partial charge in [-0.25, -0.2) is 13.4 Å². The number of anilines is 1. The summed E-state index contributed by atoms with van der Waals surface area (Å²) in [6.45, 7) is 2.35. The number of aromatic nitrogens is 1. The molecule has 0 bridgehead atoms. The molecule has 1 fully saturated rings. The zero-order valence-electron chi connectivity index (χ0n) is 9.50. The normalized spacial score (nSPS) is 23.1. The Hall–Kier alpha value is -1.61. The van der Waals surface area contributed by atoms with Crippen molar-refractivity contribution < 1.29 is 8.42 Å².